The van der Waals surface area contributed by atoms with Crippen molar-refractivity contribution >= 4 is 0 Å². The molecule has 2 heteroatoms. The van der Waals surface area contributed by atoms with Crippen LogP contribution in [0.15, 0.2) is 0 Å². The third-order valence-electron chi connectivity index (χ3n) is 4.94. The zero-order valence-corrected chi connectivity index (χ0v) is 12.5. The molecule has 2 rings (SSSR count). The lowest BCUT2D eigenvalue weighted by molar-refractivity contribution is 0.136. The van der Waals surface area contributed by atoms with Gasteiger partial charge in [-0.2, -0.15) is 0 Å². The van der Waals surface area contributed by atoms with Crippen molar-refractivity contribution < 1.29 is 0 Å². The minimum atomic E-state index is 0.488. The van der Waals surface area contributed by atoms with E-state index in [1.54, 1.807) is 0 Å². The molecule has 0 radical (unpaired) electrons. The van der Waals surface area contributed by atoms with E-state index in [1.165, 1.54) is 64.5 Å². The van der Waals surface area contributed by atoms with Gasteiger partial charge in [0.1, 0.15) is 0 Å². The molecule has 0 unspecified atom stereocenters. The Labute approximate surface area is 113 Å². The Hall–Kier alpha value is -0.0800. The summed E-state index contributed by atoms with van der Waals surface area (Å²) in [6.45, 7) is 8.17. The molecule has 2 fully saturated rings. The molecule has 0 aromatic heterocycles. The zero-order valence-electron chi connectivity index (χ0n) is 12.5. The molecule has 18 heavy (non-hydrogen) atoms. The first kappa shape index (κ1) is 14.3. The molecular formula is C16H32N2. The summed E-state index contributed by atoms with van der Waals surface area (Å²) in [6, 6.07) is 0.908. The largest absolute Gasteiger partial charge is 0.330 e. The van der Waals surface area contributed by atoms with E-state index < -0.39 is 0 Å². The molecule has 106 valence electrons. The summed E-state index contributed by atoms with van der Waals surface area (Å²) in [6.07, 6.45) is 11.2. The van der Waals surface area contributed by atoms with Gasteiger partial charge >= 0.3 is 0 Å². The van der Waals surface area contributed by atoms with Crippen molar-refractivity contribution in [3.8, 4) is 0 Å². The molecule has 0 spiro atoms. The first-order valence-corrected chi connectivity index (χ1v) is 8.09. The van der Waals surface area contributed by atoms with Crippen LogP contribution < -0.4 is 5.73 Å². The Balaban J connectivity index is 1.82. The minimum absolute atomic E-state index is 0.488. The van der Waals surface area contributed by atoms with E-state index in [-0.39, 0.29) is 0 Å². The van der Waals surface area contributed by atoms with Crippen LogP contribution in [-0.2, 0) is 0 Å². The molecule has 2 nitrogen and oxygen atoms in total. The number of rotatable bonds is 7. The molecule has 2 saturated carbocycles. The van der Waals surface area contributed by atoms with E-state index in [0.29, 0.717) is 5.41 Å². The monoisotopic (exact) mass is 252 g/mol. The van der Waals surface area contributed by atoms with Gasteiger partial charge in [0.2, 0.25) is 0 Å². The van der Waals surface area contributed by atoms with Crippen molar-refractivity contribution in [2.45, 2.75) is 71.3 Å². The van der Waals surface area contributed by atoms with Gasteiger partial charge in [0.15, 0.2) is 0 Å². The van der Waals surface area contributed by atoms with E-state index in [9.17, 15) is 0 Å². The quantitative estimate of drug-likeness (QED) is 0.752. The Morgan fingerprint density at radius 1 is 1.17 bits per heavy atom. The van der Waals surface area contributed by atoms with Gasteiger partial charge < -0.3 is 10.6 Å². The van der Waals surface area contributed by atoms with Crippen molar-refractivity contribution in [1.29, 1.82) is 0 Å². The third kappa shape index (κ3) is 3.96. The van der Waals surface area contributed by atoms with E-state index in [0.717, 1.165) is 18.5 Å². The first-order chi connectivity index (χ1) is 8.65. The second-order valence-corrected chi connectivity index (χ2v) is 7.13. The van der Waals surface area contributed by atoms with Crippen LogP contribution >= 0.6 is 0 Å². The normalized spacial score (nSPS) is 23.8. The van der Waals surface area contributed by atoms with E-state index >= 15 is 0 Å². The van der Waals surface area contributed by atoms with Crippen molar-refractivity contribution in [3.05, 3.63) is 0 Å². The second-order valence-electron chi connectivity index (χ2n) is 7.13. The van der Waals surface area contributed by atoms with Gasteiger partial charge in [0.05, 0.1) is 0 Å². The lowest BCUT2D eigenvalue weighted by atomic mass is 9.72. The number of hydrogen-bond donors (Lipinski definition) is 1. The lowest BCUT2D eigenvalue weighted by Gasteiger charge is -2.38. The number of nitrogens with two attached hydrogens (primary N) is 1. The van der Waals surface area contributed by atoms with Crippen molar-refractivity contribution in [2.24, 2.45) is 17.1 Å². The highest BCUT2D eigenvalue weighted by atomic mass is 15.2. The Morgan fingerprint density at radius 3 is 2.33 bits per heavy atom. The van der Waals surface area contributed by atoms with Crippen LogP contribution in [0.25, 0.3) is 0 Å². The Morgan fingerprint density at radius 2 is 1.83 bits per heavy atom. The average Bonchev–Trinajstić information content (AvgIpc) is 3.19. The van der Waals surface area contributed by atoms with Crippen LogP contribution in [0.5, 0.6) is 0 Å². The highest BCUT2D eigenvalue weighted by Crippen LogP contribution is 2.39. The van der Waals surface area contributed by atoms with Gasteiger partial charge in [-0.3, -0.25) is 0 Å². The number of hydrogen-bond acceptors (Lipinski definition) is 2. The Kier molecular flexibility index (Phi) is 5.08. The molecular weight excluding hydrogens is 220 g/mol. The zero-order chi connectivity index (χ0) is 13.0. The highest BCUT2D eigenvalue weighted by Gasteiger charge is 2.34. The van der Waals surface area contributed by atoms with E-state index in [4.69, 9.17) is 5.73 Å². The SMILES string of the molecule is CC(C)CN(CCC1(CN)CCCCC1)C1CC1. The van der Waals surface area contributed by atoms with Gasteiger partial charge in [0, 0.05) is 12.6 Å². The standard InChI is InChI=1S/C16H32N2/c1-14(2)12-18(15-6-7-15)11-10-16(13-17)8-4-3-5-9-16/h14-15H,3-13,17H2,1-2H3. The molecule has 2 aliphatic rings. The second kappa shape index (κ2) is 6.38. The highest BCUT2D eigenvalue weighted by molar-refractivity contribution is 4.89. The summed E-state index contributed by atoms with van der Waals surface area (Å²) in [5, 5.41) is 0. The maximum Gasteiger partial charge on any atom is 0.00965 e. The summed E-state index contributed by atoms with van der Waals surface area (Å²) in [5.41, 5.74) is 6.59. The van der Waals surface area contributed by atoms with Crippen molar-refractivity contribution in [1.82, 2.24) is 4.90 Å². The van der Waals surface area contributed by atoms with Crippen LogP contribution in [0.2, 0.25) is 0 Å². The molecule has 0 heterocycles. The smallest absolute Gasteiger partial charge is 0.00965 e. The number of nitrogens with zero attached hydrogens (tertiary/aromatic N) is 1. The average molecular weight is 252 g/mol. The summed E-state index contributed by atoms with van der Waals surface area (Å²) >= 11 is 0. The molecule has 0 aromatic rings. The molecule has 0 aromatic carbocycles. The minimum Gasteiger partial charge on any atom is -0.330 e. The fourth-order valence-corrected chi connectivity index (χ4v) is 3.57. The molecule has 0 bridgehead atoms. The predicted molar refractivity (Wildman–Crippen MR) is 78.6 cm³/mol. The van der Waals surface area contributed by atoms with Gasteiger partial charge in [-0.1, -0.05) is 33.1 Å². The predicted octanol–water partition coefficient (Wildman–Crippen LogP) is 3.41. The summed E-state index contributed by atoms with van der Waals surface area (Å²) < 4.78 is 0. The van der Waals surface area contributed by atoms with Crippen LogP contribution in [0, 0.1) is 11.3 Å². The first-order valence-electron chi connectivity index (χ1n) is 8.09. The van der Waals surface area contributed by atoms with Gasteiger partial charge in [0.25, 0.3) is 0 Å². The van der Waals surface area contributed by atoms with Gasteiger partial charge in [-0.25, -0.2) is 0 Å². The molecule has 0 atom stereocenters. The van der Waals surface area contributed by atoms with E-state index in [2.05, 4.69) is 18.7 Å². The molecule has 0 aliphatic heterocycles. The fraction of sp³-hybridized carbons (Fsp3) is 1.00. The summed E-state index contributed by atoms with van der Waals surface area (Å²) in [5.74, 6) is 0.797. The van der Waals surface area contributed by atoms with Crippen LogP contribution in [-0.4, -0.2) is 30.6 Å². The van der Waals surface area contributed by atoms with Crippen LogP contribution in [0.3, 0.4) is 0 Å². The molecule has 2 aliphatic carbocycles. The van der Waals surface area contributed by atoms with Crippen molar-refractivity contribution in [3.63, 3.8) is 0 Å². The Bertz CT molecular complexity index is 239. The van der Waals surface area contributed by atoms with Crippen LogP contribution in [0.4, 0.5) is 0 Å². The maximum absolute atomic E-state index is 6.10. The fourth-order valence-electron chi connectivity index (χ4n) is 3.57. The van der Waals surface area contributed by atoms with E-state index in [1.807, 2.05) is 0 Å². The van der Waals surface area contributed by atoms with Gasteiger partial charge in [-0.05, 0) is 56.5 Å². The molecule has 0 saturated heterocycles. The molecule has 2 N–H and O–H groups in total. The molecule has 0 amide bonds. The maximum atomic E-state index is 6.10. The van der Waals surface area contributed by atoms with Gasteiger partial charge in [-0.15, -0.1) is 0 Å². The lowest BCUT2D eigenvalue weighted by Crippen LogP contribution is -2.39. The summed E-state index contributed by atoms with van der Waals surface area (Å²) in [7, 11) is 0. The third-order valence-corrected chi connectivity index (χ3v) is 4.94. The van der Waals surface area contributed by atoms with Crippen LogP contribution in [0.1, 0.15) is 65.2 Å². The topological polar surface area (TPSA) is 29.3 Å². The van der Waals surface area contributed by atoms with Crippen molar-refractivity contribution in [2.75, 3.05) is 19.6 Å². The summed E-state index contributed by atoms with van der Waals surface area (Å²) in [4.78, 5) is 2.75.